The number of aliphatic hydroxyl groups is 1. The molecule has 3 heterocycles. The fourth-order valence-corrected chi connectivity index (χ4v) is 3.78. The molecule has 2 aliphatic rings. The summed E-state index contributed by atoms with van der Waals surface area (Å²) < 4.78 is 2.37. The average Bonchev–Trinajstić information content (AvgIpc) is 3.04. The highest BCUT2D eigenvalue weighted by molar-refractivity contribution is 5.07. The predicted molar refractivity (Wildman–Crippen MR) is 85.9 cm³/mol. The van der Waals surface area contributed by atoms with Crippen LogP contribution in [-0.2, 0) is 13.0 Å². The third kappa shape index (κ3) is 3.50. The molecule has 22 heavy (non-hydrogen) atoms. The smallest absolute Gasteiger partial charge is 0.137 e. The molecule has 0 radical (unpaired) electrons. The van der Waals surface area contributed by atoms with Crippen LogP contribution in [-0.4, -0.2) is 75.5 Å². The van der Waals surface area contributed by atoms with Gasteiger partial charge in [0.05, 0.1) is 6.61 Å². The molecule has 1 aromatic rings. The van der Waals surface area contributed by atoms with Crippen molar-refractivity contribution in [3.63, 3.8) is 0 Å². The van der Waals surface area contributed by atoms with Gasteiger partial charge in [0.1, 0.15) is 11.6 Å². The van der Waals surface area contributed by atoms with Gasteiger partial charge in [-0.1, -0.05) is 13.8 Å². The molecule has 0 aliphatic carbocycles. The molecule has 1 N–H and O–H groups in total. The monoisotopic (exact) mass is 307 g/mol. The zero-order chi connectivity index (χ0) is 15.5. The molecule has 0 amide bonds. The number of nitrogens with zero attached hydrogens (tertiary/aromatic N) is 5. The Morgan fingerprint density at radius 2 is 2.00 bits per heavy atom. The summed E-state index contributed by atoms with van der Waals surface area (Å²) in [6, 6.07) is 0. The van der Waals surface area contributed by atoms with Crippen molar-refractivity contribution >= 4 is 0 Å². The third-order valence-electron chi connectivity index (χ3n) is 4.82. The van der Waals surface area contributed by atoms with Gasteiger partial charge in [-0.2, -0.15) is 0 Å². The molecular weight excluding hydrogens is 278 g/mol. The maximum Gasteiger partial charge on any atom is 0.137 e. The van der Waals surface area contributed by atoms with E-state index in [0.29, 0.717) is 11.8 Å². The van der Waals surface area contributed by atoms with Crippen LogP contribution in [0.5, 0.6) is 0 Å². The van der Waals surface area contributed by atoms with Gasteiger partial charge in [-0.05, 0) is 18.9 Å². The molecule has 6 heteroatoms. The van der Waals surface area contributed by atoms with Crippen LogP contribution in [0.15, 0.2) is 0 Å². The van der Waals surface area contributed by atoms with Crippen molar-refractivity contribution in [1.82, 2.24) is 24.6 Å². The van der Waals surface area contributed by atoms with Crippen molar-refractivity contribution in [3.8, 4) is 0 Å². The fraction of sp³-hybridized carbons (Fsp3) is 0.875. The number of aromatic nitrogens is 3. The molecule has 1 atom stereocenters. The molecule has 124 valence electrons. The number of fused-ring (bicyclic) bond motifs is 1. The molecule has 6 nitrogen and oxygen atoms in total. The van der Waals surface area contributed by atoms with E-state index in [1.165, 1.54) is 12.4 Å². The fourth-order valence-electron chi connectivity index (χ4n) is 3.78. The minimum Gasteiger partial charge on any atom is -0.395 e. The Kier molecular flexibility index (Phi) is 5.10. The van der Waals surface area contributed by atoms with E-state index in [1.807, 2.05) is 0 Å². The summed E-state index contributed by atoms with van der Waals surface area (Å²) in [6.07, 6.45) is 2.14. The normalized spacial score (nSPS) is 23.9. The van der Waals surface area contributed by atoms with Gasteiger partial charge in [-0.25, -0.2) is 0 Å². The lowest BCUT2D eigenvalue weighted by molar-refractivity contribution is 0.219. The SMILES string of the molecule is CC(C)CN1CCc2nnc(C3CCN(CCO)C3)n2CC1. The van der Waals surface area contributed by atoms with Crippen LogP contribution in [0.4, 0.5) is 0 Å². The Labute approximate surface area is 133 Å². The minimum atomic E-state index is 0.245. The van der Waals surface area contributed by atoms with E-state index in [-0.39, 0.29) is 6.61 Å². The first kappa shape index (κ1) is 15.9. The van der Waals surface area contributed by atoms with Crippen molar-refractivity contribution in [2.24, 2.45) is 5.92 Å². The molecule has 1 unspecified atom stereocenters. The van der Waals surface area contributed by atoms with Crippen molar-refractivity contribution < 1.29 is 5.11 Å². The lowest BCUT2D eigenvalue weighted by atomic mass is 10.1. The number of aliphatic hydroxyl groups excluding tert-OH is 1. The Hall–Kier alpha value is -0.980. The van der Waals surface area contributed by atoms with E-state index in [1.54, 1.807) is 0 Å². The van der Waals surface area contributed by atoms with Crippen molar-refractivity contribution in [3.05, 3.63) is 11.6 Å². The topological polar surface area (TPSA) is 57.4 Å². The van der Waals surface area contributed by atoms with Crippen LogP contribution in [0.1, 0.15) is 37.8 Å². The second-order valence-electron chi connectivity index (χ2n) is 7.08. The summed E-state index contributed by atoms with van der Waals surface area (Å²) in [5, 5.41) is 18.1. The van der Waals surface area contributed by atoms with Crippen molar-refractivity contribution in [2.45, 2.75) is 39.2 Å². The van der Waals surface area contributed by atoms with E-state index in [0.717, 1.165) is 57.9 Å². The van der Waals surface area contributed by atoms with Crippen LogP contribution in [0.25, 0.3) is 0 Å². The van der Waals surface area contributed by atoms with Crippen LogP contribution in [0, 0.1) is 5.92 Å². The van der Waals surface area contributed by atoms with Crippen LogP contribution >= 0.6 is 0 Å². The first-order valence-electron chi connectivity index (χ1n) is 8.65. The lowest BCUT2D eigenvalue weighted by Gasteiger charge is -2.21. The second kappa shape index (κ2) is 7.06. The summed E-state index contributed by atoms with van der Waals surface area (Å²) in [6.45, 7) is 12.0. The number of hydrogen-bond acceptors (Lipinski definition) is 5. The van der Waals surface area contributed by atoms with Gasteiger partial charge >= 0.3 is 0 Å². The van der Waals surface area contributed by atoms with E-state index in [4.69, 9.17) is 5.11 Å². The largest absolute Gasteiger partial charge is 0.395 e. The summed E-state index contributed by atoms with van der Waals surface area (Å²) in [5.74, 6) is 3.51. The molecule has 3 rings (SSSR count). The highest BCUT2D eigenvalue weighted by atomic mass is 16.3. The molecule has 1 fully saturated rings. The van der Waals surface area contributed by atoms with Crippen molar-refractivity contribution in [2.75, 3.05) is 45.9 Å². The van der Waals surface area contributed by atoms with Gasteiger partial charge in [0.25, 0.3) is 0 Å². The van der Waals surface area contributed by atoms with Gasteiger partial charge < -0.3 is 19.5 Å². The number of rotatable bonds is 5. The minimum absolute atomic E-state index is 0.245. The van der Waals surface area contributed by atoms with Gasteiger partial charge in [0.15, 0.2) is 0 Å². The second-order valence-corrected chi connectivity index (χ2v) is 7.08. The Morgan fingerprint density at radius 3 is 2.77 bits per heavy atom. The van der Waals surface area contributed by atoms with E-state index < -0.39 is 0 Å². The van der Waals surface area contributed by atoms with Gasteiger partial charge in [0, 0.05) is 51.6 Å². The van der Waals surface area contributed by atoms with Crippen LogP contribution in [0.3, 0.4) is 0 Å². The number of hydrogen-bond donors (Lipinski definition) is 1. The summed E-state index contributed by atoms with van der Waals surface area (Å²) >= 11 is 0. The van der Waals surface area contributed by atoms with E-state index >= 15 is 0 Å². The summed E-state index contributed by atoms with van der Waals surface area (Å²) in [4.78, 5) is 4.88. The predicted octanol–water partition coefficient (Wildman–Crippen LogP) is 0.574. The van der Waals surface area contributed by atoms with Crippen LogP contribution in [0.2, 0.25) is 0 Å². The number of likely N-dealkylation sites (tertiary alicyclic amines) is 1. The number of β-amino-alcohol motifs (C(OH)–C–C–N with tert-alkyl or cyclic N) is 1. The Bertz CT molecular complexity index is 487. The molecule has 1 aromatic heterocycles. The molecule has 0 saturated carbocycles. The third-order valence-corrected chi connectivity index (χ3v) is 4.82. The van der Waals surface area contributed by atoms with Gasteiger partial charge in [0.2, 0.25) is 0 Å². The molecule has 1 saturated heterocycles. The molecular formula is C16H29N5O. The summed E-state index contributed by atoms with van der Waals surface area (Å²) in [5.41, 5.74) is 0. The van der Waals surface area contributed by atoms with Crippen LogP contribution < -0.4 is 0 Å². The van der Waals surface area contributed by atoms with Gasteiger partial charge in [-0.15, -0.1) is 10.2 Å². The molecule has 0 spiro atoms. The molecule has 2 aliphatic heterocycles. The highest BCUT2D eigenvalue weighted by Crippen LogP contribution is 2.27. The maximum atomic E-state index is 9.09. The highest BCUT2D eigenvalue weighted by Gasteiger charge is 2.29. The first-order valence-corrected chi connectivity index (χ1v) is 8.65. The average molecular weight is 307 g/mol. The standard InChI is InChI=1S/C16H29N5O/c1-13(2)11-19-6-4-15-17-18-16(21(15)8-7-19)14-3-5-20(12-14)9-10-22/h13-14,22H,3-12H2,1-2H3. The summed E-state index contributed by atoms with van der Waals surface area (Å²) in [7, 11) is 0. The van der Waals surface area contributed by atoms with E-state index in [2.05, 4.69) is 38.4 Å². The first-order chi connectivity index (χ1) is 10.7. The Balaban J connectivity index is 1.66. The Morgan fingerprint density at radius 1 is 1.14 bits per heavy atom. The molecule has 0 aromatic carbocycles. The van der Waals surface area contributed by atoms with Gasteiger partial charge in [-0.3, -0.25) is 0 Å². The zero-order valence-electron chi connectivity index (χ0n) is 13.9. The zero-order valence-corrected chi connectivity index (χ0v) is 13.9. The van der Waals surface area contributed by atoms with Crippen molar-refractivity contribution in [1.29, 1.82) is 0 Å². The molecule has 0 bridgehead atoms. The maximum absolute atomic E-state index is 9.09. The van der Waals surface area contributed by atoms with E-state index in [9.17, 15) is 0 Å². The quantitative estimate of drug-likeness (QED) is 0.862. The lowest BCUT2D eigenvalue weighted by Crippen LogP contribution is -2.31.